The topological polar surface area (TPSA) is 44.0 Å². The maximum absolute atomic E-state index is 9.17. The molecule has 0 amide bonds. The Morgan fingerprint density at radius 3 is 2.73 bits per heavy atom. The first-order chi connectivity index (χ1) is 5.15. The Hall–Kier alpha value is -0.470. The maximum Gasteiger partial charge on any atom is 0.131 e. The van der Waals surface area contributed by atoms with Gasteiger partial charge in [0.1, 0.15) is 11.8 Å². The summed E-state index contributed by atoms with van der Waals surface area (Å²) in [4.78, 5) is 0. The molecule has 1 N–H and O–H groups in total. The number of nitrogens with zero attached hydrogens (tertiary/aromatic N) is 1. The van der Waals surface area contributed by atoms with E-state index in [-0.39, 0.29) is 5.75 Å². The van der Waals surface area contributed by atoms with Crippen LogP contribution in [0.1, 0.15) is 5.56 Å². The number of rotatable bonds is 0. The molecule has 0 spiro atoms. The van der Waals surface area contributed by atoms with Crippen molar-refractivity contribution in [2.24, 2.45) is 0 Å². The van der Waals surface area contributed by atoms with Crippen molar-refractivity contribution in [3.63, 3.8) is 0 Å². The molecular formula is C7H3ClINO. The van der Waals surface area contributed by atoms with Crippen molar-refractivity contribution in [2.75, 3.05) is 0 Å². The summed E-state index contributed by atoms with van der Waals surface area (Å²) in [7, 11) is 0. The number of hydrogen-bond acceptors (Lipinski definition) is 2. The molecule has 0 saturated carbocycles. The highest BCUT2D eigenvalue weighted by molar-refractivity contribution is 14.1. The van der Waals surface area contributed by atoms with Crippen LogP contribution in [0.3, 0.4) is 0 Å². The zero-order chi connectivity index (χ0) is 8.43. The fourth-order valence-electron chi connectivity index (χ4n) is 0.656. The highest BCUT2D eigenvalue weighted by Gasteiger charge is 2.05. The summed E-state index contributed by atoms with van der Waals surface area (Å²) in [5, 5.41) is 18.1. The molecular weight excluding hydrogens is 276 g/mol. The smallest absolute Gasteiger partial charge is 0.131 e. The van der Waals surface area contributed by atoms with E-state index in [1.807, 2.05) is 28.7 Å². The average Bonchev–Trinajstić information content (AvgIpc) is 1.96. The number of aromatic hydroxyl groups is 1. The summed E-state index contributed by atoms with van der Waals surface area (Å²) in [6.45, 7) is 0. The molecule has 1 aromatic rings. The van der Waals surface area contributed by atoms with Crippen molar-refractivity contribution < 1.29 is 5.11 Å². The van der Waals surface area contributed by atoms with Crippen LogP contribution in [0.4, 0.5) is 0 Å². The molecule has 0 bridgehead atoms. The molecule has 56 valence electrons. The standard InChI is InChI=1S/C7H3ClINO/c8-5-1-4(3-10)7(9)6(11)2-5/h1-2,11H. The molecule has 0 aromatic heterocycles. The second-order valence-corrected chi connectivity index (χ2v) is 3.41. The number of nitriles is 1. The first-order valence-electron chi connectivity index (χ1n) is 2.73. The zero-order valence-electron chi connectivity index (χ0n) is 5.31. The third kappa shape index (κ3) is 1.76. The average molecular weight is 279 g/mol. The minimum atomic E-state index is 0.0506. The van der Waals surface area contributed by atoms with Gasteiger partial charge in [0.25, 0.3) is 0 Å². The van der Waals surface area contributed by atoms with Gasteiger partial charge in [-0.25, -0.2) is 0 Å². The molecule has 0 radical (unpaired) electrons. The van der Waals surface area contributed by atoms with Crippen LogP contribution in [0.15, 0.2) is 12.1 Å². The predicted octanol–water partition coefficient (Wildman–Crippen LogP) is 2.52. The van der Waals surface area contributed by atoms with E-state index in [1.54, 1.807) is 0 Å². The van der Waals surface area contributed by atoms with Crippen molar-refractivity contribution in [1.29, 1.82) is 5.26 Å². The summed E-state index contributed by atoms with van der Waals surface area (Å²) < 4.78 is 0.537. The summed E-state index contributed by atoms with van der Waals surface area (Å²) in [5.74, 6) is 0.0506. The van der Waals surface area contributed by atoms with E-state index in [2.05, 4.69) is 0 Å². The van der Waals surface area contributed by atoms with E-state index in [0.717, 1.165) is 0 Å². The van der Waals surface area contributed by atoms with Crippen molar-refractivity contribution in [2.45, 2.75) is 0 Å². The molecule has 1 rings (SSSR count). The van der Waals surface area contributed by atoms with Crippen LogP contribution in [0.5, 0.6) is 5.75 Å². The van der Waals surface area contributed by atoms with Gasteiger partial charge in [0.05, 0.1) is 9.13 Å². The zero-order valence-corrected chi connectivity index (χ0v) is 8.22. The first kappa shape index (κ1) is 8.62. The van der Waals surface area contributed by atoms with Crippen LogP contribution >= 0.6 is 34.2 Å². The summed E-state index contributed by atoms with van der Waals surface area (Å²) in [6, 6.07) is 4.85. The van der Waals surface area contributed by atoms with E-state index in [0.29, 0.717) is 14.2 Å². The monoisotopic (exact) mass is 279 g/mol. The van der Waals surface area contributed by atoms with Gasteiger partial charge in [-0.3, -0.25) is 0 Å². The predicted molar refractivity (Wildman–Crippen MR) is 50.5 cm³/mol. The Bertz CT molecular complexity index is 332. The summed E-state index contributed by atoms with van der Waals surface area (Å²) in [5.41, 5.74) is 0.399. The summed E-state index contributed by atoms with van der Waals surface area (Å²) >= 11 is 7.48. The van der Waals surface area contributed by atoms with E-state index < -0.39 is 0 Å². The van der Waals surface area contributed by atoms with Crippen LogP contribution < -0.4 is 0 Å². The van der Waals surface area contributed by atoms with E-state index in [4.69, 9.17) is 22.0 Å². The number of phenolic OH excluding ortho intramolecular Hbond substituents is 1. The van der Waals surface area contributed by atoms with Crippen LogP contribution in [-0.4, -0.2) is 5.11 Å². The second kappa shape index (κ2) is 3.28. The van der Waals surface area contributed by atoms with Gasteiger partial charge in [-0.1, -0.05) is 11.6 Å². The van der Waals surface area contributed by atoms with Crippen molar-refractivity contribution in [3.05, 3.63) is 26.3 Å². The van der Waals surface area contributed by atoms with E-state index >= 15 is 0 Å². The molecule has 0 atom stereocenters. The lowest BCUT2D eigenvalue weighted by atomic mass is 10.2. The number of halogens is 2. The fraction of sp³-hybridized carbons (Fsp3) is 0. The fourth-order valence-corrected chi connectivity index (χ4v) is 1.30. The lowest BCUT2D eigenvalue weighted by Crippen LogP contribution is -1.81. The Balaban J connectivity index is 3.39. The van der Waals surface area contributed by atoms with Gasteiger partial charge in [-0.2, -0.15) is 5.26 Å². The largest absolute Gasteiger partial charge is 0.507 e. The Morgan fingerprint density at radius 1 is 1.55 bits per heavy atom. The number of benzene rings is 1. The van der Waals surface area contributed by atoms with Crippen molar-refractivity contribution in [3.8, 4) is 11.8 Å². The normalized spacial score (nSPS) is 9.18. The van der Waals surface area contributed by atoms with Gasteiger partial charge in [0, 0.05) is 5.02 Å². The van der Waals surface area contributed by atoms with Gasteiger partial charge in [0.15, 0.2) is 0 Å². The van der Waals surface area contributed by atoms with Gasteiger partial charge >= 0.3 is 0 Å². The molecule has 0 unspecified atom stereocenters. The first-order valence-corrected chi connectivity index (χ1v) is 4.19. The molecule has 2 nitrogen and oxygen atoms in total. The van der Waals surface area contributed by atoms with Crippen LogP contribution in [0, 0.1) is 14.9 Å². The molecule has 0 aliphatic heterocycles. The van der Waals surface area contributed by atoms with E-state index in [9.17, 15) is 0 Å². The minimum absolute atomic E-state index is 0.0506. The van der Waals surface area contributed by atoms with Crippen LogP contribution in [0.25, 0.3) is 0 Å². The van der Waals surface area contributed by atoms with Crippen molar-refractivity contribution >= 4 is 34.2 Å². The third-order valence-electron chi connectivity index (χ3n) is 1.14. The Morgan fingerprint density at radius 2 is 2.18 bits per heavy atom. The molecule has 1 aromatic carbocycles. The van der Waals surface area contributed by atoms with Crippen LogP contribution in [0.2, 0.25) is 5.02 Å². The summed E-state index contributed by atoms with van der Waals surface area (Å²) in [6.07, 6.45) is 0. The Kier molecular flexibility index (Phi) is 2.58. The highest BCUT2D eigenvalue weighted by Crippen LogP contribution is 2.26. The molecule has 4 heteroatoms. The molecule has 0 saturated heterocycles. The van der Waals surface area contributed by atoms with E-state index in [1.165, 1.54) is 12.1 Å². The lowest BCUT2D eigenvalue weighted by molar-refractivity contribution is 0.471. The quantitative estimate of drug-likeness (QED) is 0.742. The third-order valence-corrected chi connectivity index (χ3v) is 2.49. The second-order valence-electron chi connectivity index (χ2n) is 1.90. The molecule has 0 aliphatic carbocycles. The van der Waals surface area contributed by atoms with Crippen molar-refractivity contribution in [1.82, 2.24) is 0 Å². The molecule has 0 aliphatic rings. The highest BCUT2D eigenvalue weighted by atomic mass is 127. The van der Waals surface area contributed by atoms with Gasteiger partial charge < -0.3 is 5.11 Å². The molecule has 11 heavy (non-hydrogen) atoms. The minimum Gasteiger partial charge on any atom is -0.507 e. The maximum atomic E-state index is 9.17. The number of phenols is 1. The Labute approximate surface area is 82.5 Å². The molecule has 0 fully saturated rings. The van der Waals surface area contributed by atoms with Crippen LogP contribution in [-0.2, 0) is 0 Å². The molecule has 0 heterocycles. The lowest BCUT2D eigenvalue weighted by Gasteiger charge is -1.98. The number of hydrogen-bond donors (Lipinski definition) is 1. The SMILES string of the molecule is N#Cc1cc(Cl)cc(O)c1I. The van der Waals surface area contributed by atoms with Gasteiger partial charge in [0.2, 0.25) is 0 Å². The van der Waals surface area contributed by atoms with Gasteiger partial charge in [-0.15, -0.1) is 0 Å². The van der Waals surface area contributed by atoms with Gasteiger partial charge in [-0.05, 0) is 34.7 Å².